The van der Waals surface area contributed by atoms with Crippen molar-refractivity contribution in [3.63, 3.8) is 0 Å². The van der Waals surface area contributed by atoms with Crippen LogP contribution in [0.2, 0.25) is 0 Å². The second-order valence-corrected chi connectivity index (χ2v) is 12.3. The lowest BCUT2D eigenvalue weighted by molar-refractivity contribution is -0.172. The van der Waals surface area contributed by atoms with Crippen LogP contribution >= 0.6 is 0 Å². The molecule has 9 nitrogen and oxygen atoms in total. The molecule has 1 amide bonds. The van der Waals surface area contributed by atoms with Crippen molar-refractivity contribution in [3.8, 4) is 11.4 Å². The number of pyridine rings is 2. The van der Waals surface area contributed by atoms with Gasteiger partial charge in [0.25, 0.3) is 5.56 Å². The first-order chi connectivity index (χ1) is 19.4. The third-order valence-electron chi connectivity index (χ3n) is 9.56. The number of halogens is 1. The van der Waals surface area contributed by atoms with E-state index in [2.05, 4.69) is 5.32 Å². The molecule has 212 valence electrons. The standard InChI is InChI=1S/C30H31BFN3O6/c1-3-29(39)18-8-22-25-16(11-35(22)26(36)17(18)12-41-28(29)38)24-20(34-27(37)30(31,40)10-14-4-5-14)7-6-15-13(2)19(32)9-21(33-25)23(15)24/h8-9,14,20,39-40H,3-7,10-12,31H2,1-2H3,(H,34,37)/t20?,29-,30?/m0/s1. The van der Waals surface area contributed by atoms with Crippen LogP contribution in [0.5, 0.6) is 0 Å². The molecule has 0 bridgehead atoms. The zero-order valence-electron chi connectivity index (χ0n) is 23.3. The molecule has 4 heterocycles. The number of amides is 1. The van der Waals surface area contributed by atoms with Crippen molar-refractivity contribution >= 4 is 30.6 Å². The molecule has 3 N–H and O–H groups in total. The molecule has 7 rings (SSSR count). The molecule has 41 heavy (non-hydrogen) atoms. The fourth-order valence-corrected chi connectivity index (χ4v) is 6.99. The summed E-state index contributed by atoms with van der Waals surface area (Å²) in [4.78, 5) is 44.5. The van der Waals surface area contributed by atoms with Crippen molar-refractivity contribution in [1.82, 2.24) is 14.9 Å². The smallest absolute Gasteiger partial charge is 0.343 e. The largest absolute Gasteiger partial charge is 0.458 e. The van der Waals surface area contributed by atoms with Gasteiger partial charge >= 0.3 is 5.97 Å². The van der Waals surface area contributed by atoms with Gasteiger partial charge in [0, 0.05) is 22.6 Å². The van der Waals surface area contributed by atoms with E-state index in [1.54, 1.807) is 32.3 Å². The Morgan fingerprint density at radius 1 is 1.27 bits per heavy atom. The maximum absolute atomic E-state index is 15.1. The van der Waals surface area contributed by atoms with Crippen LogP contribution in [0.25, 0.3) is 22.3 Å². The summed E-state index contributed by atoms with van der Waals surface area (Å²) in [6.45, 7) is 3.30. The van der Waals surface area contributed by atoms with Crippen LogP contribution in [-0.4, -0.2) is 45.0 Å². The molecule has 3 atom stereocenters. The molecular formula is C30H31BFN3O6. The van der Waals surface area contributed by atoms with E-state index in [9.17, 15) is 24.6 Å². The van der Waals surface area contributed by atoms with E-state index in [1.165, 1.54) is 6.07 Å². The molecule has 0 saturated heterocycles. The highest BCUT2D eigenvalue weighted by Crippen LogP contribution is 2.46. The Hall–Kier alpha value is -3.57. The summed E-state index contributed by atoms with van der Waals surface area (Å²) < 4.78 is 21.8. The monoisotopic (exact) mass is 559 g/mol. The molecule has 0 radical (unpaired) electrons. The molecule has 1 saturated carbocycles. The number of nitrogens with zero attached hydrogens (tertiary/aromatic N) is 2. The third kappa shape index (κ3) is 3.74. The number of benzene rings is 1. The van der Waals surface area contributed by atoms with Crippen LogP contribution in [0, 0.1) is 18.7 Å². The first-order valence-corrected chi connectivity index (χ1v) is 14.3. The normalized spacial score (nSPS) is 23.8. The van der Waals surface area contributed by atoms with E-state index < -0.39 is 34.6 Å². The number of carbonyl (C=O) groups is 2. The van der Waals surface area contributed by atoms with Gasteiger partial charge in [-0.25, -0.2) is 14.2 Å². The van der Waals surface area contributed by atoms with Crippen molar-refractivity contribution in [2.45, 2.75) is 82.7 Å². The van der Waals surface area contributed by atoms with Gasteiger partial charge in [0.15, 0.2) is 13.4 Å². The predicted octanol–water partition coefficient (Wildman–Crippen LogP) is 1.75. The SMILES string of the molecule is BC(O)(CC1CC1)C(=O)NC1CCc2c(C)c(F)cc3nc4c(c1c23)Cn1c-4cc2c(c1=O)COC(=O)[C@]2(O)CC. The second-order valence-electron chi connectivity index (χ2n) is 12.3. The molecule has 2 aliphatic carbocycles. The highest BCUT2D eigenvalue weighted by atomic mass is 19.1. The lowest BCUT2D eigenvalue weighted by Gasteiger charge is -2.32. The van der Waals surface area contributed by atoms with Crippen LogP contribution in [0.4, 0.5) is 4.39 Å². The van der Waals surface area contributed by atoms with E-state index in [4.69, 9.17) is 9.72 Å². The fraction of sp³-hybridized carbons (Fsp3) is 0.467. The van der Waals surface area contributed by atoms with E-state index in [1.807, 2.05) is 0 Å². The molecule has 2 unspecified atom stereocenters. The quantitative estimate of drug-likeness (QED) is 0.251. The molecule has 1 aromatic carbocycles. The molecule has 11 heteroatoms. The molecular weight excluding hydrogens is 528 g/mol. The Labute approximate surface area is 236 Å². The van der Waals surface area contributed by atoms with Gasteiger partial charge in [-0.05, 0) is 61.3 Å². The van der Waals surface area contributed by atoms with E-state index in [0.717, 1.165) is 34.9 Å². The number of fused-ring (bicyclic) bond motifs is 5. The lowest BCUT2D eigenvalue weighted by atomic mass is 9.75. The van der Waals surface area contributed by atoms with Crippen molar-refractivity contribution < 1.29 is 28.9 Å². The Morgan fingerprint density at radius 2 is 2.02 bits per heavy atom. The summed E-state index contributed by atoms with van der Waals surface area (Å²) in [6.07, 6.45) is 3.44. The zero-order chi connectivity index (χ0) is 29.0. The molecule has 2 aromatic heterocycles. The highest BCUT2D eigenvalue weighted by Gasteiger charge is 2.46. The maximum atomic E-state index is 15.1. The van der Waals surface area contributed by atoms with E-state index in [-0.39, 0.29) is 36.5 Å². The van der Waals surface area contributed by atoms with Gasteiger partial charge in [-0.2, -0.15) is 0 Å². The van der Waals surface area contributed by atoms with Crippen LogP contribution in [0.1, 0.15) is 78.5 Å². The molecule has 4 aliphatic rings. The molecule has 0 spiro atoms. The third-order valence-corrected chi connectivity index (χ3v) is 9.56. The Kier molecular flexibility index (Phi) is 5.60. The number of carbonyl (C=O) groups excluding carboxylic acids is 2. The van der Waals surface area contributed by atoms with Crippen molar-refractivity contribution in [3.05, 3.63) is 61.7 Å². The molecule has 3 aromatic rings. The van der Waals surface area contributed by atoms with E-state index >= 15 is 4.39 Å². The summed E-state index contributed by atoms with van der Waals surface area (Å²) >= 11 is 0. The number of aromatic nitrogens is 2. The number of ether oxygens (including phenoxy) is 1. The maximum Gasteiger partial charge on any atom is 0.343 e. The zero-order valence-corrected chi connectivity index (χ0v) is 23.3. The molecule has 2 aliphatic heterocycles. The second kappa shape index (κ2) is 8.72. The Morgan fingerprint density at radius 3 is 2.73 bits per heavy atom. The van der Waals surface area contributed by atoms with Gasteiger partial charge in [0.2, 0.25) is 5.91 Å². The fourth-order valence-electron chi connectivity index (χ4n) is 6.99. The number of aryl methyl sites for hydroxylation is 1. The van der Waals surface area contributed by atoms with Gasteiger partial charge in [-0.3, -0.25) is 9.59 Å². The number of hydrogen-bond donors (Lipinski definition) is 3. The minimum absolute atomic E-state index is 0.0215. The van der Waals surface area contributed by atoms with Crippen LogP contribution in [0.3, 0.4) is 0 Å². The van der Waals surface area contributed by atoms with E-state index in [0.29, 0.717) is 47.6 Å². The summed E-state index contributed by atoms with van der Waals surface area (Å²) in [7, 11) is 1.54. The number of nitrogens with one attached hydrogen (secondary N) is 1. The molecule has 1 fully saturated rings. The Balaban J connectivity index is 1.43. The summed E-state index contributed by atoms with van der Waals surface area (Å²) in [5.41, 5.74) is 0.656. The van der Waals surface area contributed by atoms with Gasteiger partial charge in [0.05, 0.1) is 35.1 Å². The number of esters is 1. The minimum atomic E-state index is -1.96. The number of hydrogen-bond acceptors (Lipinski definition) is 7. The van der Waals surface area contributed by atoms with Gasteiger partial charge < -0.3 is 24.8 Å². The van der Waals surface area contributed by atoms with Gasteiger partial charge in [-0.15, -0.1) is 0 Å². The van der Waals surface area contributed by atoms with Crippen LogP contribution < -0.4 is 10.9 Å². The Bertz CT molecular complexity index is 1760. The summed E-state index contributed by atoms with van der Waals surface area (Å²) in [6, 6.07) is 2.52. The lowest BCUT2D eigenvalue weighted by Crippen LogP contribution is -2.49. The number of rotatable bonds is 5. The highest BCUT2D eigenvalue weighted by molar-refractivity contribution is 6.27. The minimum Gasteiger partial charge on any atom is -0.458 e. The average Bonchev–Trinajstić information content (AvgIpc) is 3.67. The van der Waals surface area contributed by atoms with Crippen LogP contribution in [-0.2, 0) is 39.5 Å². The predicted molar refractivity (Wildman–Crippen MR) is 149 cm³/mol. The first-order valence-electron chi connectivity index (χ1n) is 14.3. The van der Waals surface area contributed by atoms with Crippen molar-refractivity contribution in [2.75, 3.05) is 0 Å². The topological polar surface area (TPSA) is 131 Å². The average molecular weight is 559 g/mol. The van der Waals surface area contributed by atoms with Crippen LogP contribution in [0.15, 0.2) is 16.9 Å². The summed E-state index contributed by atoms with van der Waals surface area (Å²) in [5, 5.41) is 26.0. The number of aliphatic hydroxyl groups is 2. The van der Waals surface area contributed by atoms with Crippen molar-refractivity contribution in [1.29, 1.82) is 0 Å². The van der Waals surface area contributed by atoms with Gasteiger partial charge in [0.1, 0.15) is 17.9 Å². The van der Waals surface area contributed by atoms with Gasteiger partial charge in [-0.1, -0.05) is 19.8 Å². The first kappa shape index (κ1) is 26.3. The number of cyclic esters (lactones) is 1. The summed E-state index contributed by atoms with van der Waals surface area (Å²) in [5.74, 6) is -1.30. The van der Waals surface area contributed by atoms with Crippen molar-refractivity contribution in [2.24, 2.45) is 5.92 Å².